The first-order valence-electron chi connectivity index (χ1n) is 8.41. The number of benzene rings is 1. The number of hydrogen-bond acceptors (Lipinski definition) is 2. The van der Waals surface area contributed by atoms with Gasteiger partial charge in [-0.3, -0.25) is 11.3 Å². The van der Waals surface area contributed by atoms with E-state index in [1.807, 2.05) is 13.0 Å². The van der Waals surface area contributed by atoms with E-state index in [0.717, 1.165) is 17.0 Å². The van der Waals surface area contributed by atoms with Crippen LogP contribution in [-0.2, 0) is 0 Å². The highest BCUT2D eigenvalue weighted by Crippen LogP contribution is 2.24. The molecule has 0 saturated heterocycles. The quantitative estimate of drug-likeness (QED) is 0.313. The molecule has 3 heteroatoms. The molecular weight excluding hydrogens is 280 g/mol. The van der Waals surface area contributed by atoms with Gasteiger partial charge < -0.3 is 0 Å². The number of aryl methyl sites for hydroxylation is 1. The van der Waals surface area contributed by atoms with Crippen LogP contribution in [0.1, 0.15) is 81.9 Å². The van der Waals surface area contributed by atoms with Crippen molar-refractivity contribution in [2.24, 2.45) is 5.84 Å². The third kappa shape index (κ3) is 7.30. The molecule has 0 aromatic heterocycles. The van der Waals surface area contributed by atoms with Crippen LogP contribution in [0.5, 0.6) is 0 Å². The highest BCUT2D eigenvalue weighted by molar-refractivity contribution is 6.31. The average Bonchev–Trinajstić information content (AvgIpc) is 2.49. The second-order valence-corrected chi connectivity index (χ2v) is 6.40. The SMILES string of the molecule is CCCCCCCCCCC(NN)c1ccc(C)c(Cl)c1. The Balaban J connectivity index is 2.23. The van der Waals surface area contributed by atoms with Gasteiger partial charge in [0.2, 0.25) is 0 Å². The maximum absolute atomic E-state index is 6.19. The van der Waals surface area contributed by atoms with Crippen LogP contribution < -0.4 is 11.3 Å². The van der Waals surface area contributed by atoms with E-state index in [-0.39, 0.29) is 6.04 Å². The number of nitrogens with two attached hydrogens (primary N) is 1. The maximum Gasteiger partial charge on any atom is 0.0460 e. The standard InChI is InChI=1S/C18H31ClN2/c1-3-4-5-6-7-8-9-10-11-18(21-20)16-13-12-15(2)17(19)14-16/h12-14,18,21H,3-11,20H2,1-2H3. The lowest BCUT2D eigenvalue weighted by atomic mass is 9.99. The molecule has 0 spiro atoms. The van der Waals surface area contributed by atoms with Crippen molar-refractivity contribution in [1.29, 1.82) is 0 Å². The molecule has 120 valence electrons. The van der Waals surface area contributed by atoms with Crippen LogP contribution >= 0.6 is 11.6 Å². The molecule has 1 atom stereocenters. The van der Waals surface area contributed by atoms with Gasteiger partial charge in [0, 0.05) is 11.1 Å². The van der Waals surface area contributed by atoms with Gasteiger partial charge in [0.15, 0.2) is 0 Å². The highest BCUT2D eigenvalue weighted by atomic mass is 35.5. The summed E-state index contributed by atoms with van der Waals surface area (Å²) in [5.41, 5.74) is 5.23. The largest absolute Gasteiger partial charge is 0.271 e. The third-order valence-electron chi connectivity index (χ3n) is 4.15. The Labute approximate surface area is 135 Å². The van der Waals surface area contributed by atoms with Gasteiger partial charge in [0.25, 0.3) is 0 Å². The van der Waals surface area contributed by atoms with Crippen molar-refractivity contribution >= 4 is 11.6 Å². The summed E-state index contributed by atoms with van der Waals surface area (Å²) in [7, 11) is 0. The first-order chi connectivity index (χ1) is 10.2. The predicted molar refractivity (Wildman–Crippen MR) is 93.5 cm³/mol. The van der Waals surface area contributed by atoms with E-state index in [1.54, 1.807) is 0 Å². The van der Waals surface area contributed by atoms with Crippen molar-refractivity contribution in [2.75, 3.05) is 0 Å². The number of halogens is 1. The van der Waals surface area contributed by atoms with E-state index in [2.05, 4.69) is 24.5 Å². The first-order valence-corrected chi connectivity index (χ1v) is 8.79. The molecule has 21 heavy (non-hydrogen) atoms. The Hall–Kier alpha value is -0.570. The lowest BCUT2D eigenvalue weighted by Crippen LogP contribution is -2.28. The number of unbranched alkanes of at least 4 members (excludes halogenated alkanes) is 7. The molecular formula is C18H31ClN2. The second kappa shape index (κ2) is 11.1. The summed E-state index contributed by atoms with van der Waals surface area (Å²) in [6.45, 7) is 4.28. The fourth-order valence-electron chi connectivity index (χ4n) is 2.65. The van der Waals surface area contributed by atoms with E-state index >= 15 is 0 Å². The van der Waals surface area contributed by atoms with Crippen molar-refractivity contribution in [3.05, 3.63) is 34.3 Å². The minimum Gasteiger partial charge on any atom is -0.271 e. The van der Waals surface area contributed by atoms with Crippen LogP contribution in [0.2, 0.25) is 5.02 Å². The predicted octanol–water partition coefficient (Wildman–Crippen LogP) is 5.68. The zero-order valence-electron chi connectivity index (χ0n) is 13.6. The lowest BCUT2D eigenvalue weighted by Gasteiger charge is -2.17. The monoisotopic (exact) mass is 310 g/mol. The summed E-state index contributed by atoms with van der Waals surface area (Å²) >= 11 is 6.19. The summed E-state index contributed by atoms with van der Waals surface area (Å²) in [4.78, 5) is 0. The van der Waals surface area contributed by atoms with E-state index in [0.29, 0.717) is 0 Å². The Morgan fingerprint density at radius 2 is 1.67 bits per heavy atom. The van der Waals surface area contributed by atoms with Gasteiger partial charge in [-0.15, -0.1) is 0 Å². The van der Waals surface area contributed by atoms with Crippen LogP contribution in [0, 0.1) is 6.92 Å². The molecule has 0 aliphatic carbocycles. The van der Waals surface area contributed by atoms with Crippen LogP contribution in [0.3, 0.4) is 0 Å². The normalized spacial score (nSPS) is 12.6. The molecule has 3 N–H and O–H groups in total. The van der Waals surface area contributed by atoms with Crippen LogP contribution in [0.15, 0.2) is 18.2 Å². The Bertz CT molecular complexity index is 393. The molecule has 0 fully saturated rings. The minimum atomic E-state index is 0.211. The first kappa shape index (κ1) is 18.5. The maximum atomic E-state index is 6.19. The van der Waals surface area contributed by atoms with Gasteiger partial charge in [-0.05, 0) is 30.5 Å². The molecule has 0 radical (unpaired) electrons. The van der Waals surface area contributed by atoms with Crippen molar-refractivity contribution in [2.45, 2.75) is 77.7 Å². The molecule has 0 amide bonds. The molecule has 1 aromatic rings. The Morgan fingerprint density at radius 3 is 2.24 bits per heavy atom. The van der Waals surface area contributed by atoms with Crippen molar-refractivity contribution in [1.82, 2.24) is 5.43 Å². The molecule has 0 aliphatic heterocycles. The Morgan fingerprint density at radius 1 is 1.05 bits per heavy atom. The summed E-state index contributed by atoms with van der Waals surface area (Å²) in [6, 6.07) is 6.43. The molecule has 0 aliphatic rings. The van der Waals surface area contributed by atoms with Crippen LogP contribution in [0.25, 0.3) is 0 Å². The van der Waals surface area contributed by atoms with Crippen molar-refractivity contribution in [3.63, 3.8) is 0 Å². The molecule has 0 heterocycles. The van der Waals surface area contributed by atoms with Gasteiger partial charge in [-0.25, -0.2) is 0 Å². The van der Waals surface area contributed by atoms with Gasteiger partial charge in [-0.2, -0.15) is 0 Å². The number of rotatable bonds is 11. The zero-order chi connectivity index (χ0) is 15.5. The van der Waals surface area contributed by atoms with E-state index in [1.165, 1.54) is 56.9 Å². The van der Waals surface area contributed by atoms with Crippen LogP contribution in [-0.4, -0.2) is 0 Å². The fourth-order valence-corrected chi connectivity index (χ4v) is 2.84. The van der Waals surface area contributed by atoms with Gasteiger partial charge in [-0.1, -0.05) is 82.0 Å². The second-order valence-electron chi connectivity index (χ2n) is 5.99. The fraction of sp³-hybridized carbons (Fsp3) is 0.667. The molecule has 0 saturated carbocycles. The number of hydrogen-bond donors (Lipinski definition) is 2. The number of hydrazine groups is 1. The summed E-state index contributed by atoms with van der Waals surface area (Å²) < 4.78 is 0. The third-order valence-corrected chi connectivity index (χ3v) is 4.55. The molecule has 1 aromatic carbocycles. The topological polar surface area (TPSA) is 38.0 Å². The van der Waals surface area contributed by atoms with Crippen molar-refractivity contribution in [3.8, 4) is 0 Å². The highest BCUT2D eigenvalue weighted by Gasteiger charge is 2.10. The van der Waals surface area contributed by atoms with Crippen LogP contribution in [0.4, 0.5) is 0 Å². The minimum absolute atomic E-state index is 0.211. The van der Waals surface area contributed by atoms with E-state index < -0.39 is 0 Å². The Kier molecular flexibility index (Phi) is 9.73. The van der Waals surface area contributed by atoms with Gasteiger partial charge in [0.1, 0.15) is 0 Å². The summed E-state index contributed by atoms with van der Waals surface area (Å²) in [6.07, 6.45) is 11.8. The van der Waals surface area contributed by atoms with E-state index in [4.69, 9.17) is 17.4 Å². The summed E-state index contributed by atoms with van der Waals surface area (Å²) in [5, 5.41) is 0.823. The molecule has 1 rings (SSSR count). The molecule has 2 nitrogen and oxygen atoms in total. The number of nitrogens with one attached hydrogen (secondary N) is 1. The molecule has 1 unspecified atom stereocenters. The summed E-state index contributed by atoms with van der Waals surface area (Å²) in [5.74, 6) is 5.70. The van der Waals surface area contributed by atoms with Gasteiger partial charge in [0.05, 0.1) is 0 Å². The zero-order valence-corrected chi connectivity index (χ0v) is 14.4. The van der Waals surface area contributed by atoms with Crippen molar-refractivity contribution < 1.29 is 0 Å². The molecule has 0 bridgehead atoms. The lowest BCUT2D eigenvalue weighted by molar-refractivity contribution is 0.475. The average molecular weight is 311 g/mol. The van der Waals surface area contributed by atoms with E-state index in [9.17, 15) is 0 Å². The van der Waals surface area contributed by atoms with Gasteiger partial charge >= 0.3 is 0 Å². The smallest absolute Gasteiger partial charge is 0.0460 e.